The van der Waals surface area contributed by atoms with Crippen LogP contribution in [0.3, 0.4) is 0 Å². The molecule has 0 saturated carbocycles. The maximum absolute atomic E-state index is 14.2. The topological polar surface area (TPSA) is 209 Å². The van der Waals surface area contributed by atoms with Crippen molar-refractivity contribution in [1.82, 2.24) is 45.3 Å². The van der Waals surface area contributed by atoms with Crippen molar-refractivity contribution >= 4 is 23.9 Å². The van der Waals surface area contributed by atoms with Crippen LogP contribution < -0.4 is 10.6 Å². The van der Waals surface area contributed by atoms with Gasteiger partial charge in [-0.1, -0.05) is 80.3 Å². The lowest BCUT2D eigenvalue weighted by molar-refractivity contribution is -0.135. The number of likely N-dealkylation sites (tertiary alicyclic amines) is 2. The summed E-state index contributed by atoms with van der Waals surface area (Å²) in [5.74, 6) is 7.30. The second-order valence-corrected chi connectivity index (χ2v) is 16.2. The number of nitrogens with zero attached hydrogens (tertiary/aromatic N) is 5. The molecule has 2 saturated heterocycles. The Kier molecular flexibility index (Phi) is 14.7. The smallest absolute Gasteiger partial charge is 0.407 e. The molecule has 2 fully saturated rings. The van der Waals surface area contributed by atoms with Gasteiger partial charge in [0.1, 0.15) is 23.7 Å². The van der Waals surface area contributed by atoms with Gasteiger partial charge in [-0.25, -0.2) is 19.6 Å². The average Bonchev–Trinajstić information content (AvgIpc) is 4.17. The zero-order chi connectivity index (χ0) is 45.2. The Labute approximate surface area is 372 Å². The quantitative estimate of drug-likeness (QED) is 0.0798. The number of hydrogen-bond acceptors (Lipinski definition) is 9. The van der Waals surface area contributed by atoms with E-state index in [0.29, 0.717) is 36.7 Å². The fourth-order valence-corrected chi connectivity index (χ4v) is 8.29. The number of methoxy groups -OCH3 is 1. The number of aliphatic hydroxyl groups excluding tert-OH is 2. The van der Waals surface area contributed by atoms with E-state index in [2.05, 4.69) is 37.4 Å². The number of carbonyl (C=O) groups is 4. The highest BCUT2D eigenvalue weighted by Crippen LogP contribution is 2.35. The Morgan fingerprint density at radius 1 is 0.750 bits per heavy atom. The van der Waals surface area contributed by atoms with Gasteiger partial charge in [-0.3, -0.25) is 9.59 Å². The Balaban J connectivity index is 0.982. The van der Waals surface area contributed by atoms with E-state index in [4.69, 9.17) is 9.72 Å². The minimum absolute atomic E-state index is 0.0224. The molecule has 5 amide bonds. The molecule has 0 radical (unpaired) electrons. The molecule has 0 spiro atoms. The second-order valence-electron chi connectivity index (χ2n) is 16.2. The standard InChI is InChI=1S/C48H55N9O7/c1-31(2)41(54-48(63)64-3)45(60)56-23-7-11-39(56)43-49-29-37(51-43)34-19-15-32(16-20-34)13-14-33-17-21-35(22-18-33)38-30-50-44(52-38)40-12-8-24-57(40)46(61)42(36-9-5-4-6-10-36)53-47(62)55(25-27-58)26-28-59/h4-6,9-10,15-22,29-31,39-42,58-59H,7-8,11-12,23-28H2,1-3H3,(H,49,51)(H,50,52)(H,53,62)(H,54,63). The van der Waals surface area contributed by atoms with Gasteiger partial charge in [-0.2, -0.15) is 0 Å². The highest BCUT2D eigenvalue weighted by atomic mass is 16.5. The van der Waals surface area contributed by atoms with Crippen molar-refractivity contribution < 1.29 is 34.1 Å². The fraction of sp³-hybridized carbons (Fsp3) is 0.375. The van der Waals surface area contributed by atoms with Crippen LogP contribution in [0.5, 0.6) is 0 Å². The number of imidazole rings is 2. The molecule has 4 heterocycles. The molecule has 4 unspecified atom stereocenters. The molecule has 2 aromatic heterocycles. The van der Waals surface area contributed by atoms with Crippen LogP contribution in [0.1, 0.15) is 86.0 Å². The van der Waals surface area contributed by atoms with Crippen molar-refractivity contribution in [3.8, 4) is 34.4 Å². The molecular weight excluding hydrogens is 815 g/mol. The molecule has 16 nitrogen and oxygen atoms in total. The minimum atomic E-state index is -0.976. The van der Waals surface area contributed by atoms with Crippen molar-refractivity contribution in [2.45, 2.75) is 63.7 Å². The molecule has 2 aliphatic heterocycles. The summed E-state index contributed by atoms with van der Waals surface area (Å²) < 4.78 is 4.75. The SMILES string of the molecule is COC(=O)NC(C(=O)N1CCCC1c1ncc(-c2ccc(C#Cc3ccc(-c4cnc(C5CCCN5C(=O)C(NC(=O)N(CCO)CCO)c5ccccc5)[nH]4)cc3)cc2)[nH]1)C(C)C. The predicted octanol–water partition coefficient (Wildman–Crippen LogP) is 5.31. The number of aromatic amines is 2. The number of rotatable bonds is 14. The number of aliphatic hydroxyl groups is 2. The summed E-state index contributed by atoms with van der Waals surface area (Å²) in [5.41, 5.74) is 5.77. The van der Waals surface area contributed by atoms with Crippen LogP contribution in [0.4, 0.5) is 9.59 Å². The van der Waals surface area contributed by atoms with E-state index in [-0.39, 0.29) is 56.1 Å². The predicted molar refractivity (Wildman–Crippen MR) is 239 cm³/mol. The number of amides is 5. The number of hydrogen-bond donors (Lipinski definition) is 6. The molecule has 0 aliphatic carbocycles. The first-order chi connectivity index (χ1) is 31.1. The molecule has 3 aromatic carbocycles. The number of aromatic nitrogens is 4. The molecule has 16 heteroatoms. The van der Waals surface area contributed by atoms with Gasteiger partial charge >= 0.3 is 12.1 Å². The summed E-state index contributed by atoms with van der Waals surface area (Å²) in [6, 6.07) is 22.0. The third-order valence-corrected chi connectivity index (χ3v) is 11.7. The Morgan fingerprint density at radius 2 is 1.25 bits per heavy atom. The summed E-state index contributed by atoms with van der Waals surface area (Å²) in [6.07, 6.45) is 5.97. The van der Waals surface area contributed by atoms with Crippen molar-refractivity contribution in [2.75, 3.05) is 46.5 Å². The van der Waals surface area contributed by atoms with Gasteiger partial charge in [-0.15, -0.1) is 0 Å². The van der Waals surface area contributed by atoms with Gasteiger partial charge in [0.2, 0.25) is 11.8 Å². The molecular formula is C48H55N9O7. The molecule has 334 valence electrons. The number of ether oxygens (including phenoxy) is 1. The van der Waals surface area contributed by atoms with Gasteiger partial charge in [0.15, 0.2) is 0 Å². The Morgan fingerprint density at radius 3 is 1.72 bits per heavy atom. The summed E-state index contributed by atoms with van der Waals surface area (Å²) in [4.78, 5) is 73.9. The molecule has 0 bridgehead atoms. The number of H-pyrrole nitrogens is 2. The summed E-state index contributed by atoms with van der Waals surface area (Å²) >= 11 is 0. The summed E-state index contributed by atoms with van der Waals surface area (Å²) in [7, 11) is 1.28. The zero-order valence-electron chi connectivity index (χ0n) is 36.3. The largest absolute Gasteiger partial charge is 0.453 e. The van der Waals surface area contributed by atoms with Crippen LogP contribution in [-0.2, 0) is 14.3 Å². The van der Waals surface area contributed by atoms with Gasteiger partial charge in [0.05, 0.1) is 56.2 Å². The van der Waals surface area contributed by atoms with Crippen LogP contribution >= 0.6 is 0 Å². The molecule has 64 heavy (non-hydrogen) atoms. The third-order valence-electron chi connectivity index (χ3n) is 11.7. The van der Waals surface area contributed by atoms with Gasteiger partial charge in [0.25, 0.3) is 0 Å². The number of nitrogens with one attached hydrogen (secondary N) is 4. The zero-order valence-corrected chi connectivity index (χ0v) is 36.3. The van der Waals surface area contributed by atoms with Crippen molar-refractivity contribution in [1.29, 1.82) is 0 Å². The highest BCUT2D eigenvalue weighted by Gasteiger charge is 2.39. The highest BCUT2D eigenvalue weighted by molar-refractivity contribution is 5.89. The van der Waals surface area contributed by atoms with Crippen molar-refractivity contribution in [3.63, 3.8) is 0 Å². The lowest BCUT2D eigenvalue weighted by atomic mass is 10.0. The maximum atomic E-state index is 14.2. The van der Waals surface area contributed by atoms with Crippen LogP contribution in [0.15, 0.2) is 91.3 Å². The fourth-order valence-electron chi connectivity index (χ4n) is 8.29. The van der Waals surface area contributed by atoms with Crippen LogP contribution in [0.2, 0.25) is 0 Å². The third kappa shape index (κ3) is 10.4. The molecule has 2 aliphatic rings. The lowest BCUT2D eigenvalue weighted by Gasteiger charge is -2.30. The molecule has 7 rings (SSSR count). The average molecular weight is 870 g/mol. The van der Waals surface area contributed by atoms with E-state index in [1.165, 1.54) is 12.0 Å². The van der Waals surface area contributed by atoms with Gasteiger partial charge < -0.3 is 50.3 Å². The monoisotopic (exact) mass is 869 g/mol. The van der Waals surface area contributed by atoms with Crippen molar-refractivity contribution in [2.24, 2.45) is 5.92 Å². The first-order valence-corrected chi connectivity index (χ1v) is 21.7. The Bertz CT molecular complexity index is 2430. The normalized spacial score (nSPS) is 16.8. The van der Waals surface area contributed by atoms with E-state index in [9.17, 15) is 29.4 Å². The lowest BCUT2D eigenvalue weighted by Crippen LogP contribution is -2.51. The van der Waals surface area contributed by atoms with E-state index >= 15 is 0 Å². The minimum Gasteiger partial charge on any atom is -0.453 e. The number of urea groups is 1. The van der Waals surface area contributed by atoms with Crippen LogP contribution in [-0.4, -0.2) is 121 Å². The molecule has 6 N–H and O–H groups in total. The van der Waals surface area contributed by atoms with Crippen LogP contribution in [0, 0.1) is 17.8 Å². The molecule has 5 aromatic rings. The van der Waals surface area contributed by atoms with E-state index in [1.807, 2.05) is 80.6 Å². The van der Waals surface area contributed by atoms with Gasteiger partial charge in [0, 0.05) is 37.3 Å². The van der Waals surface area contributed by atoms with E-state index in [1.54, 1.807) is 34.3 Å². The number of benzene rings is 3. The molecule has 4 atom stereocenters. The first-order valence-electron chi connectivity index (χ1n) is 21.7. The number of carbonyl (C=O) groups excluding carboxylic acids is 4. The van der Waals surface area contributed by atoms with E-state index in [0.717, 1.165) is 52.9 Å². The second kappa shape index (κ2) is 20.9. The first kappa shape index (κ1) is 45.1. The van der Waals surface area contributed by atoms with Crippen LogP contribution in [0.25, 0.3) is 22.5 Å². The maximum Gasteiger partial charge on any atom is 0.407 e. The summed E-state index contributed by atoms with van der Waals surface area (Å²) in [5, 5.41) is 24.5. The van der Waals surface area contributed by atoms with Gasteiger partial charge in [-0.05, 0) is 72.6 Å². The number of alkyl carbamates (subject to hydrolysis) is 1. The Hall–Kier alpha value is -6.96. The van der Waals surface area contributed by atoms with Crippen molar-refractivity contribution in [3.05, 3.63) is 120 Å². The van der Waals surface area contributed by atoms with E-state index < -0.39 is 24.2 Å². The summed E-state index contributed by atoms with van der Waals surface area (Å²) in [6.45, 7) is 4.35.